The van der Waals surface area contributed by atoms with E-state index in [9.17, 15) is 9.90 Å². The van der Waals surface area contributed by atoms with Crippen molar-refractivity contribution in [2.45, 2.75) is 13.8 Å². The number of halogens is 1. The molecule has 0 aromatic heterocycles. The molecule has 0 saturated heterocycles. The van der Waals surface area contributed by atoms with Gasteiger partial charge in [0.05, 0.1) is 12.3 Å². The summed E-state index contributed by atoms with van der Waals surface area (Å²) in [7, 11) is 0. The van der Waals surface area contributed by atoms with Gasteiger partial charge < -0.3 is 9.84 Å². The number of hydrogen-bond donors (Lipinski definition) is 1. The zero-order valence-electron chi connectivity index (χ0n) is 10.2. The van der Waals surface area contributed by atoms with E-state index >= 15 is 0 Å². The zero-order chi connectivity index (χ0) is 13.5. The van der Waals surface area contributed by atoms with Crippen molar-refractivity contribution in [3.63, 3.8) is 0 Å². The molecule has 4 nitrogen and oxygen atoms in total. The van der Waals surface area contributed by atoms with Crippen LogP contribution in [0.1, 0.15) is 13.8 Å². The summed E-state index contributed by atoms with van der Waals surface area (Å²) in [6.07, 6.45) is 1.30. The minimum atomic E-state index is -0.585. The summed E-state index contributed by atoms with van der Waals surface area (Å²) in [6, 6.07) is 7.25. The van der Waals surface area contributed by atoms with Crippen LogP contribution < -0.4 is 0 Å². The Balaban J connectivity index is 2.88. The molecule has 0 fully saturated rings. The number of rotatable bonds is 4. The highest BCUT2D eigenvalue weighted by molar-refractivity contribution is 9.10. The lowest BCUT2D eigenvalue weighted by atomic mass is 10.2. The fourth-order valence-corrected chi connectivity index (χ4v) is 1.43. The van der Waals surface area contributed by atoms with Gasteiger partial charge >= 0.3 is 5.97 Å². The van der Waals surface area contributed by atoms with Crippen LogP contribution in [0.4, 0.5) is 5.69 Å². The van der Waals surface area contributed by atoms with Crippen LogP contribution >= 0.6 is 15.9 Å². The Labute approximate surface area is 114 Å². The van der Waals surface area contributed by atoms with Crippen LogP contribution in [0.3, 0.4) is 0 Å². The molecular weight excluding hydrogens is 298 g/mol. The van der Waals surface area contributed by atoms with Gasteiger partial charge in [-0.15, -0.1) is 0 Å². The first-order valence-electron chi connectivity index (χ1n) is 5.41. The summed E-state index contributed by atoms with van der Waals surface area (Å²) in [5.74, 6) is -0.701. The van der Waals surface area contributed by atoms with Crippen molar-refractivity contribution >= 4 is 33.8 Å². The standard InChI is InChI=1S/C13H14BrNO3/c1-3-18-13(17)12(9(2)16)8-15-11-6-4-10(14)5-7-11/h4-8,16H,3H2,1-2H3. The minimum absolute atomic E-state index is 0.0553. The molecule has 0 unspecified atom stereocenters. The number of esters is 1. The van der Waals surface area contributed by atoms with E-state index in [2.05, 4.69) is 20.9 Å². The maximum atomic E-state index is 11.5. The molecule has 0 aliphatic heterocycles. The van der Waals surface area contributed by atoms with Gasteiger partial charge in [-0.05, 0) is 38.1 Å². The third-order valence-electron chi connectivity index (χ3n) is 2.05. The second-order valence-electron chi connectivity index (χ2n) is 3.45. The number of aliphatic imine (C=N–C) groups is 1. The molecule has 0 saturated carbocycles. The molecule has 0 aliphatic rings. The summed E-state index contributed by atoms with van der Waals surface area (Å²) in [6.45, 7) is 3.37. The third-order valence-corrected chi connectivity index (χ3v) is 2.58. The summed E-state index contributed by atoms with van der Waals surface area (Å²) in [5.41, 5.74) is 0.737. The van der Waals surface area contributed by atoms with E-state index in [1.54, 1.807) is 19.1 Å². The van der Waals surface area contributed by atoms with Crippen LogP contribution in [-0.2, 0) is 9.53 Å². The topological polar surface area (TPSA) is 58.9 Å². The molecule has 96 valence electrons. The highest BCUT2D eigenvalue weighted by Crippen LogP contribution is 2.17. The Morgan fingerprint density at radius 2 is 2.06 bits per heavy atom. The minimum Gasteiger partial charge on any atom is -0.512 e. The fourth-order valence-electron chi connectivity index (χ4n) is 1.17. The van der Waals surface area contributed by atoms with Gasteiger partial charge in [-0.2, -0.15) is 0 Å². The quantitative estimate of drug-likeness (QED) is 0.400. The predicted molar refractivity (Wildman–Crippen MR) is 74.3 cm³/mol. The van der Waals surface area contributed by atoms with Crippen molar-refractivity contribution in [2.75, 3.05) is 6.61 Å². The monoisotopic (exact) mass is 311 g/mol. The highest BCUT2D eigenvalue weighted by atomic mass is 79.9. The maximum absolute atomic E-state index is 11.5. The van der Waals surface area contributed by atoms with Gasteiger partial charge in [0.25, 0.3) is 0 Å². The van der Waals surface area contributed by atoms with Gasteiger partial charge in [0.15, 0.2) is 0 Å². The van der Waals surface area contributed by atoms with Crippen molar-refractivity contribution < 1.29 is 14.6 Å². The van der Waals surface area contributed by atoms with E-state index in [1.165, 1.54) is 13.1 Å². The highest BCUT2D eigenvalue weighted by Gasteiger charge is 2.11. The first-order valence-corrected chi connectivity index (χ1v) is 6.20. The van der Waals surface area contributed by atoms with Crippen molar-refractivity contribution in [1.82, 2.24) is 0 Å². The van der Waals surface area contributed by atoms with Crippen LogP contribution in [0, 0.1) is 0 Å². The van der Waals surface area contributed by atoms with Crippen molar-refractivity contribution in [3.8, 4) is 0 Å². The Morgan fingerprint density at radius 1 is 1.44 bits per heavy atom. The van der Waals surface area contributed by atoms with Crippen LogP contribution in [0.5, 0.6) is 0 Å². The predicted octanol–water partition coefficient (Wildman–Crippen LogP) is 3.55. The van der Waals surface area contributed by atoms with E-state index in [0.717, 1.165) is 4.47 Å². The normalized spacial score (nSPS) is 12.4. The van der Waals surface area contributed by atoms with Gasteiger partial charge in [-0.3, -0.25) is 4.99 Å². The number of benzene rings is 1. The average molecular weight is 312 g/mol. The number of ether oxygens (including phenoxy) is 1. The molecule has 0 heterocycles. The number of aliphatic hydroxyl groups excluding tert-OH is 1. The van der Waals surface area contributed by atoms with Gasteiger partial charge in [0.1, 0.15) is 11.3 Å². The largest absolute Gasteiger partial charge is 0.512 e. The third kappa shape index (κ3) is 4.33. The van der Waals surface area contributed by atoms with Crippen LogP contribution in [0.2, 0.25) is 0 Å². The van der Waals surface area contributed by atoms with E-state index < -0.39 is 5.97 Å². The summed E-state index contributed by atoms with van der Waals surface area (Å²) >= 11 is 3.32. The van der Waals surface area contributed by atoms with Gasteiger partial charge in [0, 0.05) is 10.7 Å². The second kappa shape index (κ2) is 6.96. The zero-order valence-corrected chi connectivity index (χ0v) is 11.8. The molecule has 0 radical (unpaired) electrons. The Morgan fingerprint density at radius 3 is 2.56 bits per heavy atom. The lowest BCUT2D eigenvalue weighted by molar-refractivity contribution is -0.138. The first kappa shape index (κ1) is 14.4. The number of carbonyl (C=O) groups is 1. The number of aliphatic hydroxyl groups is 1. The fraction of sp³-hybridized carbons (Fsp3) is 0.231. The Hall–Kier alpha value is -1.62. The van der Waals surface area contributed by atoms with Crippen molar-refractivity contribution in [3.05, 3.63) is 40.1 Å². The molecule has 0 amide bonds. The molecular formula is C13H14BrNO3. The lowest BCUT2D eigenvalue weighted by Crippen LogP contribution is -2.10. The summed E-state index contributed by atoms with van der Waals surface area (Å²) < 4.78 is 5.76. The average Bonchev–Trinajstić information content (AvgIpc) is 2.31. The molecule has 0 aliphatic carbocycles. The van der Waals surface area contributed by atoms with Crippen LogP contribution in [0.15, 0.2) is 45.1 Å². The van der Waals surface area contributed by atoms with Gasteiger partial charge in [-0.25, -0.2) is 4.79 Å². The van der Waals surface area contributed by atoms with Crippen molar-refractivity contribution in [1.29, 1.82) is 0 Å². The second-order valence-corrected chi connectivity index (χ2v) is 4.37. The lowest BCUT2D eigenvalue weighted by Gasteiger charge is -2.03. The molecule has 5 heteroatoms. The van der Waals surface area contributed by atoms with Gasteiger partial charge in [-0.1, -0.05) is 15.9 Å². The van der Waals surface area contributed by atoms with E-state index in [0.29, 0.717) is 5.69 Å². The van der Waals surface area contributed by atoms with Crippen LogP contribution in [-0.4, -0.2) is 23.9 Å². The number of nitrogens with zero attached hydrogens (tertiary/aromatic N) is 1. The smallest absolute Gasteiger partial charge is 0.343 e. The van der Waals surface area contributed by atoms with E-state index in [4.69, 9.17) is 4.74 Å². The molecule has 1 aromatic rings. The first-order chi connectivity index (χ1) is 8.54. The van der Waals surface area contributed by atoms with E-state index in [1.807, 2.05) is 12.1 Å². The summed E-state index contributed by atoms with van der Waals surface area (Å²) in [4.78, 5) is 15.6. The number of carbonyl (C=O) groups excluding carboxylic acids is 1. The molecule has 1 rings (SSSR count). The number of hydrogen-bond acceptors (Lipinski definition) is 4. The Bertz CT molecular complexity index is 474. The molecule has 0 spiro atoms. The maximum Gasteiger partial charge on any atom is 0.343 e. The molecule has 1 aromatic carbocycles. The molecule has 18 heavy (non-hydrogen) atoms. The molecule has 0 atom stereocenters. The molecule has 1 N–H and O–H groups in total. The molecule has 0 bridgehead atoms. The SMILES string of the molecule is CCOC(=O)C(C=Nc1ccc(Br)cc1)=C(C)O. The number of allylic oxidation sites excluding steroid dienone is 1. The van der Waals surface area contributed by atoms with Crippen LogP contribution in [0.25, 0.3) is 0 Å². The van der Waals surface area contributed by atoms with Gasteiger partial charge in [0.2, 0.25) is 0 Å². The van der Waals surface area contributed by atoms with E-state index in [-0.39, 0.29) is 17.9 Å². The Kier molecular flexibility index (Phi) is 5.58. The van der Waals surface area contributed by atoms with Crippen molar-refractivity contribution in [2.24, 2.45) is 4.99 Å². The summed E-state index contributed by atoms with van der Waals surface area (Å²) in [5, 5.41) is 9.41.